The Bertz CT molecular complexity index is 1010. The number of fused-ring (bicyclic) bond motifs is 1. The number of hydrogen-bond acceptors (Lipinski definition) is 3. The molecule has 0 bridgehead atoms. The Kier molecular flexibility index (Phi) is 5.13. The quantitative estimate of drug-likeness (QED) is 0.598. The molecule has 0 spiro atoms. The first-order valence-corrected chi connectivity index (χ1v) is 9.61. The summed E-state index contributed by atoms with van der Waals surface area (Å²) in [5, 5.41) is 0. The van der Waals surface area contributed by atoms with Crippen molar-refractivity contribution in [2.45, 2.75) is 39.5 Å². The Balaban J connectivity index is 1.51. The maximum absolute atomic E-state index is 12.8. The van der Waals surface area contributed by atoms with E-state index >= 15 is 0 Å². The highest BCUT2D eigenvalue weighted by atomic mass is 19.4. The highest BCUT2D eigenvalue weighted by molar-refractivity contribution is 5.56. The van der Waals surface area contributed by atoms with Crippen LogP contribution in [-0.2, 0) is 25.7 Å². The lowest BCUT2D eigenvalue weighted by molar-refractivity contribution is -0.137. The summed E-state index contributed by atoms with van der Waals surface area (Å²) in [6.07, 6.45) is -1.73. The lowest BCUT2D eigenvalue weighted by Crippen LogP contribution is -2.31. The molecule has 1 aliphatic heterocycles. The van der Waals surface area contributed by atoms with Crippen molar-refractivity contribution in [1.29, 1.82) is 0 Å². The van der Waals surface area contributed by atoms with Crippen LogP contribution in [0.2, 0.25) is 0 Å². The molecule has 0 atom stereocenters. The van der Waals surface area contributed by atoms with Crippen molar-refractivity contribution in [2.75, 3.05) is 6.54 Å². The highest BCUT2D eigenvalue weighted by Gasteiger charge is 2.30. The van der Waals surface area contributed by atoms with Gasteiger partial charge in [-0.15, -0.1) is 0 Å². The zero-order chi connectivity index (χ0) is 20.6. The number of hydrogen-bond donors (Lipinski definition) is 0. The van der Waals surface area contributed by atoms with Crippen LogP contribution in [0.3, 0.4) is 0 Å². The lowest BCUT2D eigenvalue weighted by atomic mass is 10.0. The summed E-state index contributed by atoms with van der Waals surface area (Å²) in [7, 11) is 0. The number of nitrogens with zero attached hydrogens (tertiary/aromatic N) is 3. The van der Waals surface area contributed by atoms with Crippen LogP contribution < -0.4 is 0 Å². The van der Waals surface area contributed by atoms with Gasteiger partial charge in [0.05, 0.1) is 11.3 Å². The third kappa shape index (κ3) is 4.17. The zero-order valence-electron chi connectivity index (χ0n) is 16.4. The molecular weight excluding hydrogens is 375 g/mol. The van der Waals surface area contributed by atoms with Gasteiger partial charge in [-0.25, -0.2) is 9.97 Å². The average Bonchev–Trinajstić information content (AvgIpc) is 2.70. The zero-order valence-corrected chi connectivity index (χ0v) is 16.4. The molecule has 3 nitrogen and oxygen atoms in total. The predicted molar refractivity (Wildman–Crippen MR) is 106 cm³/mol. The van der Waals surface area contributed by atoms with Crippen molar-refractivity contribution in [2.24, 2.45) is 0 Å². The van der Waals surface area contributed by atoms with E-state index in [1.165, 1.54) is 28.8 Å². The minimum atomic E-state index is -4.34. The van der Waals surface area contributed by atoms with Crippen LogP contribution in [0.15, 0.2) is 48.7 Å². The van der Waals surface area contributed by atoms with Crippen molar-refractivity contribution in [3.05, 3.63) is 82.2 Å². The highest BCUT2D eigenvalue weighted by Crippen LogP contribution is 2.31. The van der Waals surface area contributed by atoms with E-state index in [1.54, 1.807) is 0 Å². The molecule has 6 heteroatoms. The molecule has 29 heavy (non-hydrogen) atoms. The molecule has 0 saturated carbocycles. The standard InChI is InChI=1S/C23H22F3N3/c1-15-4-3-5-16(2)20(15)14-29-11-10-21-18(13-29)12-27-22(28-21)17-6-8-19(9-7-17)23(24,25)26/h3-9,12H,10-11,13-14H2,1-2H3. The Hall–Kier alpha value is -2.73. The van der Waals surface area contributed by atoms with E-state index in [0.29, 0.717) is 11.4 Å². The number of aryl methyl sites for hydroxylation is 2. The molecule has 0 N–H and O–H groups in total. The Morgan fingerprint density at radius 3 is 2.34 bits per heavy atom. The van der Waals surface area contributed by atoms with Crippen molar-refractivity contribution in [1.82, 2.24) is 14.9 Å². The van der Waals surface area contributed by atoms with Gasteiger partial charge in [-0.2, -0.15) is 13.2 Å². The van der Waals surface area contributed by atoms with Crippen LogP contribution in [0.1, 0.15) is 33.5 Å². The maximum atomic E-state index is 12.8. The first kappa shape index (κ1) is 19.6. The summed E-state index contributed by atoms with van der Waals surface area (Å²) in [5.41, 5.74) is 5.94. The third-order valence-electron chi connectivity index (χ3n) is 5.51. The average molecular weight is 397 g/mol. The van der Waals surface area contributed by atoms with Gasteiger partial charge in [-0.1, -0.05) is 30.3 Å². The summed E-state index contributed by atoms with van der Waals surface area (Å²) in [4.78, 5) is 11.4. The van der Waals surface area contributed by atoms with E-state index in [4.69, 9.17) is 0 Å². The predicted octanol–water partition coefficient (Wildman–Crippen LogP) is 5.34. The number of benzene rings is 2. The van der Waals surface area contributed by atoms with Gasteiger partial charge in [0.1, 0.15) is 0 Å². The third-order valence-corrected chi connectivity index (χ3v) is 5.51. The molecule has 150 valence electrons. The molecule has 2 aromatic carbocycles. The van der Waals surface area contributed by atoms with Crippen molar-refractivity contribution in [3.63, 3.8) is 0 Å². The summed E-state index contributed by atoms with van der Waals surface area (Å²) >= 11 is 0. The molecule has 4 rings (SSSR count). The minimum Gasteiger partial charge on any atom is -0.294 e. The molecular formula is C23H22F3N3. The second-order valence-corrected chi connectivity index (χ2v) is 7.57. The van der Waals surface area contributed by atoms with E-state index in [-0.39, 0.29) is 0 Å². The van der Waals surface area contributed by atoms with Crippen LogP contribution >= 0.6 is 0 Å². The number of aromatic nitrogens is 2. The molecule has 0 saturated heterocycles. The first-order chi connectivity index (χ1) is 13.8. The van der Waals surface area contributed by atoms with E-state index in [9.17, 15) is 13.2 Å². The summed E-state index contributed by atoms with van der Waals surface area (Å²) in [6.45, 7) is 6.83. The van der Waals surface area contributed by atoms with E-state index in [0.717, 1.165) is 49.4 Å². The molecule has 0 radical (unpaired) electrons. The maximum Gasteiger partial charge on any atom is 0.416 e. The van der Waals surface area contributed by atoms with Gasteiger partial charge in [0.25, 0.3) is 0 Å². The SMILES string of the molecule is Cc1cccc(C)c1CN1CCc2nc(-c3ccc(C(F)(F)F)cc3)ncc2C1. The largest absolute Gasteiger partial charge is 0.416 e. The Morgan fingerprint density at radius 2 is 1.69 bits per heavy atom. The van der Waals surface area contributed by atoms with Crippen LogP contribution in [0.5, 0.6) is 0 Å². The monoisotopic (exact) mass is 397 g/mol. The molecule has 1 aliphatic rings. The van der Waals surface area contributed by atoms with Crippen molar-refractivity contribution in [3.8, 4) is 11.4 Å². The van der Waals surface area contributed by atoms with Gasteiger partial charge in [-0.05, 0) is 42.7 Å². The van der Waals surface area contributed by atoms with Crippen molar-refractivity contribution >= 4 is 0 Å². The second-order valence-electron chi connectivity index (χ2n) is 7.57. The van der Waals surface area contributed by atoms with Crippen molar-refractivity contribution < 1.29 is 13.2 Å². The van der Waals surface area contributed by atoms with Gasteiger partial charge in [-0.3, -0.25) is 4.90 Å². The van der Waals surface area contributed by atoms with E-state index < -0.39 is 11.7 Å². The topological polar surface area (TPSA) is 29.0 Å². The van der Waals surface area contributed by atoms with Gasteiger partial charge < -0.3 is 0 Å². The summed E-state index contributed by atoms with van der Waals surface area (Å²) < 4.78 is 38.3. The summed E-state index contributed by atoms with van der Waals surface area (Å²) in [6, 6.07) is 11.4. The molecule has 0 unspecified atom stereocenters. The first-order valence-electron chi connectivity index (χ1n) is 9.61. The molecule has 2 heterocycles. The van der Waals surface area contributed by atoms with Gasteiger partial charge >= 0.3 is 6.18 Å². The fourth-order valence-electron chi connectivity index (χ4n) is 3.78. The van der Waals surface area contributed by atoms with Crippen LogP contribution in [0, 0.1) is 13.8 Å². The molecule has 1 aromatic heterocycles. The van der Waals surface area contributed by atoms with Crippen LogP contribution in [0.4, 0.5) is 13.2 Å². The molecule has 3 aromatic rings. The number of halogens is 3. The number of rotatable bonds is 3. The number of alkyl halides is 3. The molecule has 0 aliphatic carbocycles. The second kappa shape index (κ2) is 7.59. The van der Waals surface area contributed by atoms with Gasteiger partial charge in [0, 0.05) is 43.4 Å². The van der Waals surface area contributed by atoms with Gasteiger partial charge in [0.2, 0.25) is 0 Å². The minimum absolute atomic E-state index is 0.473. The van der Waals surface area contributed by atoms with Crippen LogP contribution in [0.25, 0.3) is 11.4 Å². The fourth-order valence-corrected chi connectivity index (χ4v) is 3.78. The Morgan fingerprint density at radius 1 is 1.00 bits per heavy atom. The molecule has 0 fully saturated rings. The van der Waals surface area contributed by atoms with Crippen LogP contribution in [-0.4, -0.2) is 21.4 Å². The van der Waals surface area contributed by atoms with E-state index in [2.05, 4.69) is 46.9 Å². The lowest BCUT2D eigenvalue weighted by Gasteiger charge is -2.29. The Labute approximate surface area is 168 Å². The van der Waals surface area contributed by atoms with E-state index in [1.807, 2.05) is 6.20 Å². The normalized spacial score (nSPS) is 14.7. The fraction of sp³-hybridized carbons (Fsp3) is 0.304. The summed E-state index contributed by atoms with van der Waals surface area (Å²) in [5.74, 6) is 0.473. The van der Waals surface area contributed by atoms with Gasteiger partial charge in [0.15, 0.2) is 5.82 Å². The molecule has 0 amide bonds. The smallest absolute Gasteiger partial charge is 0.294 e.